The van der Waals surface area contributed by atoms with Crippen molar-refractivity contribution in [2.75, 3.05) is 34.9 Å². The van der Waals surface area contributed by atoms with Crippen LogP contribution < -0.4 is 8.61 Å². The number of fused-ring (bicyclic) bond motifs is 1. The smallest absolute Gasteiger partial charge is 0.407 e. The second-order valence-electron chi connectivity index (χ2n) is 6.63. The van der Waals surface area contributed by atoms with Crippen LogP contribution in [-0.4, -0.2) is 57.6 Å². The summed E-state index contributed by atoms with van der Waals surface area (Å²) in [7, 11) is -3.88. The van der Waals surface area contributed by atoms with Gasteiger partial charge in [-0.05, 0) is 35.2 Å². The molecule has 0 aliphatic carbocycles. The highest BCUT2D eigenvalue weighted by atomic mass is 32.3. The van der Waals surface area contributed by atoms with Crippen molar-refractivity contribution in [3.63, 3.8) is 0 Å². The molecule has 0 radical (unpaired) electrons. The van der Waals surface area contributed by atoms with Gasteiger partial charge in [0.25, 0.3) is 0 Å². The number of rotatable bonds is 3. The lowest BCUT2D eigenvalue weighted by Gasteiger charge is -2.45. The van der Waals surface area contributed by atoms with Crippen LogP contribution in [0.15, 0.2) is 42.5 Å². The first kappa shape index (κ1) is 19.7. The number of hydrogen-bond acceptors (Lipinski definition) is 6. The molecule has 2 aromatic carbocycles. The number of carbonyl (C=O) groups is 1. The van der Waals surface area contributed by atoms with Crippen LogP contribution in [0.5, 0.6) is 0 Å². The molecule has 4 rings (SSSR count). The van der Waals surface area contributed by atoms with Gasteiger partial charge in [0.2, 0.25) is 0 Å². The predicted octanol–water partition coefficient (Wildman–Crippen LogP) is 3.88. The number of benzene rings is 2. The summed E-state index contributed by atoms with van der Waals surface area (Å²) < 4.78 is 58.6. The van der Waals surface area contributed by atoms with Crippen LogP contribution in [0.25, 0.3) is 0 Å². The standard InChI is InChI=1S/C18H19F2N3O5S/c19-13-4-3-5-14(20)17(13)23-16-7-2-1-6-15(16)22(29(23,26)27)11-12-10-21(18(24)25)8-9-28-12/h1-7,12,26-27H,8-11H2,(H,24,25)/t12-/m0/s1. The van der Waals surface area contributed by atoms with Gasteiger partial charge >= 0.3 is 6.09 Å². The van der Waals surface area contributed by atoms with E-state index in [0.29, 0.717) is 5.69 Å². The lowest BCUT2D eigenvalue weighted by atomic mass is 10.2. The van der Waals surface area contributed by atoms with E-state index in [2.05, 4.69) is 0 Å². The minimum atomic E-state index is -3.88. The molecule has 2 aromatic rings. The number of carboxylic acid groups (broad SMARTS) is 1. The van der Waals surface area contributed by atoms with E-state index >= 15 is 0 Å². The molecular formula is C18H19F2N3O5S. The summed E-state index contributed by atoms with van der Waals surface area (Å²) in [6.45, 7) is 0.343. The first-order valence-electron chi connectivity index (χ1n) is 8.79. The summed E-state index contributed by atoms with van der Waals surface area (Å²) in [5.41, 5.74) is 0.00720. The second kappa shape index (κ2) is 7.34. The largest absolute Gasteiger partial charge is 0.465 e. The molecule has 2 aliphatic heterocycles. The Morgan fingerprint density at radius 2 is 1.76 bits per heavy atom. The molecule has 0 spiro atoms. The van der Waals surface area contributed by atoms with Crippen LogP contribution in [0, 0.1) is 11.6 Å². The summed E-state index contributed by atoms with van der Waals surface area (Å²) in [6, 6.07) is 9.67. The Bertz CT molecular complexity index is 927. The zero-order valence-corrected chi connectivity index (χ0v) is 15.9. The third-order valence-corrected chi connectivity index (χ3v) is 6.64. The third kappa shape index (κ3) is 3.35. The van der Waals surface area contributed by atoms with Crippen LogP contribution in [-0.2, 0) is 4.74 Å². The van der Waals surface area contributed by atoms with Gasteiger partial charge in [-0.2, -0.15) is 0 Å². The molecule has 0 saturated carbocycles. The van der Waals surface area contributed by atoms with Gasteiger partial charge in [0, 0.05) is 6.54 Å². The summed E-state index contributed by atoms with van der Waals surface area (Å²) in [4.78, 5) is 12.4. The van der Waals surface area contributed by atoms with Crippen LogP contribution in [0.2, 0.25) is 0 Å². The maximum absolute atomic E-state index is 14.5. The van der Waals surface area contributed by atoms with Crippen LogP contribution in [0.3, 0.4) is 0 Å². The molecule has 156 valence electrons. The SMILES string of the molecule is O=C(O)N1CCO[C@H](CN2c3ccccc3N(c3c(F)cccc3F)S2(O)O)C1. The molecule has 2 heterocycles. The van der Waals surface area contributed by atoms with Crippen molar-refractivity contribution < 1.29 is 32.5 Å². The predicted molar refractivity (Wildman–Crippen MR) is 104 cm³/mol. The van der Waals surface area contributed by atoms with Crippen molar-refractivity contribution in [2.24, 2.45) is 0 Å². The maximum Gasteiger partial charge on any atom is 0.407 e. The van der Waals surface area contributed by atoms with Gasteiger partial charge in [0.1, 0.15) is 5.69 Å². The molecule has 0 aromatic heterocycles. The van der Waals surface area contributed by atoms with Gasteiger partial charge in [-0.25, -0.2) is 22.2 Å². The fourth-order valence-corrected chi connectivity index (χ4v) is 5.34. The molecule has 1 amide bonds. The Labute approximate surface area is 167 Å². The molecule has 2 aliphatic rings. The molecule has 1 fully saturated rings. The molecule has 1 saturated heterocycles. The Hall–Kier alpha value is -2.60. The summed E-state index contributed by atoms with van der Waals surface area (Å²) in [5, 5.41) is 9.20. The number of ether oxygens (including phenoxy) is 1. The lowest BCUT2D eigenvalue weighted by molar-refractivity contribution is -0.0162. The number of halogens is 2. The van der Waals surface area contributed by atoms with Crippen LogP contribution >= 0.6 is 11.0 Å². The van der Waals surface area contributed by atoms with E-state index in [9.17, 15) is 27.8 Å². The number of amides is 1. The first-order chi connectivity index (χ1) is 13.8. The van der Waals surface area contributed by atoms with Crippen molar-refractivity contribution >= 4 is 34.1 Å². The summed E-state index contributed by atoms with van der Waals surface area (Å²) in [6.07, 6.45) is -1.74. The number of hydrogen-bond donors (Lipinski definition) is 3. The topological polar surface area (TPSA) is 96.7 Å². The van der Waals surface area contributed by atoms with Gasteiger partial charge in [-0.3, -0.25) is 9.11 Å². The Morgan fingerprint density at radius 3 is 2.41 bits per heavy atom. The number of para-hydroxylation sites is 3. The monoisotopic (exact) mass is 427 g/mol. The van der Waals surface area contributed by atoms with E-state index in [1.54, 1.807) is 18.2 Å². The average molecular weight is 427 g/mol. The Balaban J connectivity index is 1.72. The van der Waals surface area contributed by atoms with Crippen molar-refractivity contribution in [2.45, 2.75) is 6.10 Å². The minimum absolute atomic E-state index is 0.0393. The van der Waals surface area contributed by atoms with Gasteiger partial charge in [0.15, 0.2) is 11.6 Å². The fraction of sp³-hybridized carbons (Fsp3) is 0.278. The maximum atomic E-state index is 14.5. The molecule has 1 atom stereocenters. The highest BCUT2D eigenvalue weighted by molar-refractivity contribution is 8.27. The summed E-state index contributed by atoms with van der Waals surface area (Å²) >= 11 is 0. The Kier molecular flexibility index (Phi) is 4.99. The van der Waals surface area contributed by atoms with E-state index in [-0.39, 0.29) is 31.9 Å². The summed E-state index contributed by atoms with van der Waals surface area (Å²) in [5.74, 6) is -1.87. The number of morpholine rings is 1. The van der Waals surface area contributed by atoms with Crippen LogP contribution in [0.4, 0.5) is 30.6 Å². The minimum Gasteiger partial charge on any atom is -0.465 e. The average Bonchev–Trinajstić information content (AvgIpc) is 2.90. The first-order valence-corrected chi connectivity index (χ1v) is 10.3. The third-order valence-electron chi connectivity index (χ3n) is 4.83. The van der Waals surface area contributed by atoms with E-state index < -0.39 is 40.5 Å². The zero-order chi connectivity index (χ0) is 20.8. The molecule has 0 bridgehead atoms. The van der Waals surface area contributed by atoms with Gasteiger partial charge in [-0.15, -0.1) is 0 Å². The van der Waals surface area contributed by atoms with Crippen molar-refractivity contribution in [1.29, 1.82) is 0 Å². The molecule has 8 nitrogen and oxygen atoms in total. The van der Waals surface area contributed by atoms with Crippen molar-refractivity contribution in [3.05, 3.63) is 54.1 Å². The normalized spacial score (nSPS) is 21.8. The molecule has 29 heavy (non-hydrogen) atoms. The second-order valence-corrected chi connectivity index (χ2v) is 8.41. The van der Waals surface area contributed by atoms with E-state index in [1.807, 2.05) is 0 Å². The van der Waals surface area contributed by atoms with Gasteiger partial charge < -0.3 is 14.7 Å². The van der Waals surface area contributed by atoms with Gasteiger partial charge in [-0.1, -0.05) is 18.2 Å². The van der Waals surface area contributed by atoms with E-state index in [0.717, 1.165) is 16.4 Å². The Morgan fingerprint density at radius 1 is 1.10 bits per heavy atom. The highest BCUT2D eigenvalue weighted by Crippen LogP contribution is 2.64. The van der Waals surface area contributed by atoms with Crippen molar-refractivity contribution in [3.8, 4) is 0 Å². The van der Waals surface area contributed by atoms with Gasteiger partial charge in [0.05, 0.1) is 37.2 Å². The molecular weight excluding hydrogens is 408 g/mol. The van der Waals surface area contributed by atoms with Crippen molar-refractivity contribution in [1.82, 2.24) is 4.90 Å². The van der Waals surface area contributed by atoms with E-state index in [4.69, 9.17) is 4.74 Å². The number of nitrogens with zero attached hydrogens (tertiary/aromatic N) is 3. The molecule has 3 N–H and O–H groups in total. The highest BCUT2D eigenvalue weighted by Gasteiger charge is 2.45. The van der Waals surface area contributed by atoms with Crippen LogP contribution in [0.1, 0.15) is 0 Å². The zero-order valence-electron chi connectivity index (χ0n) is 15.1. The molecule has 0 unspecified atom stereocenters. The lowest BCUT2D eigenvalue weighted by Crippen LogP contribution is -2.49. The number of anilines is 3. The quantitative estimate of drug-likeness (QED) is 0.684. The molecule has 11 heteroatoms. The van der Waals surface area contributed by atoms with E-state index in [1.165, 1.54) is 21.3 Å². The fourth-order valence-electron chi connectivity index (χ4n) is 3.52.